The number of hydrogen-bond acceptors (Lipinski definition) is 3. The molecule has 106 valence electrons. The zero-order chi connectivity index (χ0) is 14.0. The average Bonchev–Trinajstić information content (AvgIpc) is 2.86. The number of nitrogens with zero attached hydrogens (tertiary/aromatic N) is 2. The summed E-state index contributed by atoms with van der Waals surface area (Å²) in [5.41, 5.74) is -0.395. The Hall–Kier alpha value is -0.940. The number of likely N-dealkylation sites (N-methyl/N-ethyl adjacent to an activating group) is 1. The van der Waals surface area contributed by atoms with Crippen molar-refractivity contribution in [1.29, 1.82) is 0 Å². The van der Waals surface area contributed by atoms with E-state index in [1.807, 2.05) is 6.92 Å². The molecule has 0 spiro atoms. The van der Waals surface area contributed by atoms with Gasteiger partial charge in [-0.2, -0.15) is 0 Å². The molecule has 2 amide bonds. The molecule has 4 atom stereocenters. The van der Waals surface area contributed by atoms with E-state index in [1.165, 1.54) is 4.90 Å². The van der Waals surface area contributed by atoms with Gasteiger partial charge < -0.3 is 9.22 Å². The van der Waals surface area contributed by atoms with Gasteiger partial charge in [0, 0.05) is 0 Å². The van der Waals surface area contributed by atoms with Crippen molar-refractivity contribution in [3.05, 3.63) is 0 Å². The predicted octanol–water partition coefficient (Wildman–Crippen LogP) is 0.245. The number of likely N-dealkylation sites (tertiary alicyclic amines) is 1. The molecule has 3 fully saturated rings. The van der Waals surface area contributed by atoms with E-state index >= 15 is 0 Å². The van der Waals surface area contributed by atoms with Crippen LogP contribution in [0.1, 0.15) is 19.8 Å². The molecule has 0 N–H and O–H groups in total. The maximum absolute atomic E-state index is 12.5. The van der Waals surface area contributed by atoms with Gasteiger partial charge in [0.25, 0.3) is 0 Å². The van der Waals surface area contributed by atoms with Crippen LogP contribution in [0.2, 0.25) is 0 Å². The van der Waals surface area contributed by atoms with E-state index in [2.05, 4.69) is 21.1 Å². The van der Waals surface area contributed by atoms with Crippen molar-refractivity contribution >= 4 is 11.8 Å². The Morgan fingerprint density at radius 3 is 2.58 bits per heavy atom. The van der Waals surface area contributed by atoms with Gasteiger partial charge in [0.1, 0.15) is 0 Å². The minimum atomic E-state index is -0.395. The summed E-state index contributed by atoms with van der Waals surface area (Å²) in [6.45, 7) is 3.31. The van der Waals surface area contributed by atoms with Gasteiger partial charge >= 0.3 is 0 Å². The summed E-state index contributed by atoms with van der Waals surface area (Å²) in [7, 11) is 6.21. The first-order valence-corrected chi connectivity index (χ1v) is 7.06. The van der Waals surface area contributed by atoms with E-state index in [1.54, 1.807) is 0 Å². The fourth-order valence-electron chi connectivity index (χ4n) is 3.76. The molecule has 0 aliphatic carbocycles. The Morgan fingerprint density at radius 2 is 2.00 bits per heavy atom. The Morgan fingerprint density at radius 1 is 1.32 bits per heavy atom. The molecule has 19 heavy (non-hydrogen) atoms. The zero-order valence-corrected chi connectivity index (χ0v) is 12.2. The normalized spacial score (nSPS) is 41.3. The van der Waals surface area contributed by atoms with Gasteiger partial charge in [-0.15, -0.1) is 0 Å². The molecule has 0 radical (unpaired) electrons. The molecule has 3 aliphatic heterocycles. The first-order chi connectivity index (χ1) is 8.73. The number of quaternary nitrogens is 1. The van der Waals surface area contributed by atoms with Crippen molar-refractivity contribution in [3.63, 3.8) is 0 Å². The molecule has 3 aliphatic rings. The molecular weight excluding hydrogens is 244 g/mol. The zero-order valence-electron chi connectivity index (χ0n) is 12.2. The van der Waals surface area contributed by atoms with Crippen LogP contribution in [0.3, 0.4) is 0 Å². The number of rotatable bonds is 3. The van der Waals surface area contributed by atoms with E-state index in [0.29, 0.717) is 6.54 Å². The molecule has 3 saturated heterocycles. The van der Waals surface area contributed by atoms with Gasteiger partial charge in [-0.05, 0) is 19.8 Å². The second kappa shape index (κ2) is 3.79. The number of imide groups is 1. The summed E-state index contributed by atoms with van der Waals surface area (Å²) in [5, 5.41) is 0. The van der Waals surface area contributed by atoms with Crippen molar-refractivity contribution < 1.29 is 18.8 Å². The minimum Gasteiger partial charge on any atom is -0.370 e. The summed E-state index contributed by atoms with van der Waals surface area (Å²) < 4.78 is 6.64. The monoisotopic (exact) mass is 267 g/mol. The third-order valence-corrected chi connectivity index (χ3v) is 4.84. The van der Waals surface area contributed by atoms with Crippen LogP contribution in [0, 0.1) is 11.8 Å². The van der Waals surface area contributed by atoms with Crippen LogP contribution in [0.5, 0.6) is 0 Å². The number of carbonyl (C=O) groups is 2. The fourth-order valence-corrected chi connectivity index (χ4v) is 3.76. The van der Waals surface area contributed by atoms with E-state index in [0.717, 1.165) is 23.9 Å². The SMILES string of the molecule is C[C@@]12CC[C@H](O1)[C@H]1C(=O)N(CC[N+](C)(C)C)C(=O)[C@@H]12. The van der Waals surface area contributed by atoms with Crippen LogP contribution >= 0.6 is 0 Å². The van der Waals surface area contributed by atoms with Gasteiger partial charge in [0.15, 0.2) is 0 Å². The highest BCUT2D eigenvalue weighted by Gasteiger charge is 2.67. The lowest BCUT2D eigenvalue weighted by Crippen LogP contribution is -2.45. The molecule has 0 aromatic heterocycles. The number of fused-ring (bicyclic) bond motifs is 5. The largest absolute Gasteiger partial charge is 0.370 e. The molecule has 0 unspecified atom stereocenters. The Kier molecular flexibility index (Phi) is 2.61. The number of hydrogen-bond donors (Lipinski definition) is 0. The highest BCUT2D eigenvalue weighted by atomic mass is 16.5. The average molecular weight is 267 g/mol. The lowest BCUT2D eigenvalue weighted by Gasteiger charge is -2.28. The molecule has 3 heterocycles. The lowest BCUT2D eigenvalue weighted by atomic mass is 9.74. The van der Waals surface area contributed by atoms with Crippen LogP contribution in [0.25, 0.3) is 0 Å². The van der Waals surface area contributed by atoms with Crippen LogP contribution in [0.15, 0.2) is 0 Å². The first-order valence-electron chi connectivity index (χ1n) is 7.06. The van der Waals surface area contributed by atoms with Crippen LogP contribution in [-0.2, 0) is 14.3 Å². The minimum absolute atomic E-state index is 0.00289. The van der Waals surface area contributed by atoms with Gasteiger partial charge in [-0.1, -0.05) is 0 Å². The fraction of sp³-hybridized carbons (Fsp3) is 0.857. The number of carbonyl (C=O) groups excluding carboxylic acids is 2. The standard InChI is InChI=1S/C14H23N2O3/c1-14-6-5-9(19-14)10-11(14)13(18)15(12(10)17)7-8-16(2,3)4/h9-11H,5-8H2,1-4H3/q+1/t9-,10+,11+,14-/m0/s1. The summed E-state index contributed by atoms with van der Waals surface area (Å²) in [6.07, 6.45) is 1.79. The van der Waals surface area contributed by atoms with Crippen LogP contribution in [0.4, 0.5) is 0 Å². The lowest BCUT2D eigenvalue weighted by molar-refractivity contribution is -0.869. The van der Waals surface area contributed by atoms with Gasteiger partial charge in [-0.3, -0.25) is 14.5 Å². The van der Waals surface area contributed by atoms with Gasteiger partial charge in [0.05, 0.1) is 57.8 Å². The molecule has 0 aromatic rings. The Balaban J connectivity index is 1.80. The molecule has 3 rings (SSSR count). The van der Waals surface area contributed by atoms with E-state index < -0.39 is 5.60 Å². The van der Waals surface area contributed by atoms with Gasteiger partial charge in [0.2, 0.25) is 11.8 Å². The Labute approximate surface area is 114 Å². The molecule has 0 aromatic carbocycles. The molecule has 5 nitrogen and oxygen atoms in total. The third kappa shape index (κ3) is 1.82. The molecule has 0 saturated carbocycles. The quantitative estimate of drug-likeness (QED) is 0.544. The van der Waals surface area contributed by atoms with Crippen molar-refractivity contribution in [3.8, 4) is 0 Å². The summed E-state index contributed by atoms with van der Waals surface area (Å²) in [6, 6.07) is 0. The van der Waals surface area contributed by atoms with Gasteiger partial charge in [-0.25, -0.2) is 0 Å². The second-order valence-electron chi connectivity index (χ2n) is 7.35. The summed E-state index contributed by atoms with van der Waals surface area (Å²) in [5.74, 6) is -0.449. The molecule has 5 heteroatoms. The summed E-state index contributed by atoms with van der Waals surface area (Å²) in [4.78, 5) is 26.5. The number of ether oxygens (including phenoxy) is 1. The van der Waals surface area contributed by atoms with Crippen molar-refractivity contribution in [2.24, 2.45) is 11.8 Å². The van der Waals surface area contributed by atoms with Crippen molar-refractivity contribution in [2.45, 2.75) is 31.5 Å². The van der Waals surface area contributed by atoms with E-state index in [4.69, 9.17) is 4.74 Å². The maximum Gasteiger partial charge on any atom is 0.236 e. The van der Waals surface area contributed by atoms with E-state index in [-0.39, 0.29) is 29.8 Å². The number of amides is 2. The maximum atomic E-state index is 12.5. The highest BCUT2D eigenvalue weighted by Crippen LogP contribution is 2.54. The molecular formula is C14H23N2O3+. The summed E-state index contributed by atoms with van der Waals surface area (Å²) >= 11 is 0. The second-order valence-corrected chi connectivity index (χ2v) is 7.35. The topological polar surface area (TPSA) is 46.6 Å². The predicted molar refractivity (Wildman–Crippen MR) is 69.1 cm³/mol. The van der Waals surface area contributed by atoms with Crippen molar-refractivity contribution in [1.82, 2.24) is 4.90 Å². The smallest absolute Gasteiger partial charge is 0.236 e. The van der Waals surface area contributed by atoms with Crippen LogP contribution < -0.4 is 0 Å². The highest BCUT2D eigenvalue weighted by molar-refractivity contribution is 6.06. The first kappa shape index (κ1) is 13.1. The Bertz CT molecular complexity index is 442. The van der Waals surface area contributed by atoms with Crippen molar-refractivity contribution in [2.75, 3.05) is 34.2 Å². The van der Waals surface area contributed by atoms with E-state index in [9.17, 15) is 9.59 Å². The van der Waals surface area contributed by atoms with Crippen LogP contribution in [-0.4, -0.2) is 67.1 Å². The third-order valence-electron chi connectivity index (χ3n) is 4.84. The molecule has 2 bridgehead atoms.